The Bertz CT molecular complexity index is 527. The van der Waals surface area contributed by atoms with Crippen LogP contribution in [0.4, 0.5) is 4.39 Å². The Kier molecular flexibility index (Phi) is 3.52. The van der Waals surface area contributed by atoms with Crippen LogP contribution in [0.2, 0.25) is 0 Å². The minimum absolute atomic E-state index is 0.115. The van der Waals surface area contributed by atoms with Crippen LogP contribution < -0.4 is 10.5 Å². The maximum atomic E-state index is 13.4. The number of halogens is 1. The van der Waals surface area contributed by atoms with Gasteiger partial charge in [-0.25, -0.2) is 4.39 Å². The molecule has 1 heterocycles. The van der Waals surface area contributed by atoms with Gasteiger partial charge in [0.1, 0.15) is 17.2 Å². The topological polar surface area (TPSA) is 35.2 Å². The lowest BCUT2D eigenvalue weighted by Crippen LogP contribution is -2.46. The maximum absolute atomic E-state index is 13.4. The highest BCUT2D eigenvalue weighted by molar-refractivity contribution is 5.39. The zero-order valence-corrected chi connectivity index (χ0v) is 13.3. The molecular weight excluding hydrogens is 265 g/mol. The first-order chi connectivity index (χ1) is 9.79. The summed E-state index contributed by atoms with van der Waals surface area (Å²) in [5.74, 6) is 1.29. The van der Waals surface area contributed by atoms with Crippen molar-refractivity contribution in [3.63, 3.8) is 0 Å². The third kappa shape index (κ3) is 2.80. The molecule has 1 aliphatic carbocycles. The van der Waals surface area contributed by atoms with Gasteiger partial charge in [0, 0.05) is 18.0 Å². The van der Waals surface area contributed by atoms with Crippen LogP contribution in [0.1, 0.15) is 64.5 Å². The van der Waals surface area contributed by atoms with E-state index >= 15 is 0 Å². The van der Waals surface area contributed by atoms with Crippen molar-refractivity contribution < 1.29 is 9.13 Å². The molecule has 0 unspecified atom stereocenters. The SMILES string of the molecule is CC(C)(C)C1CCC2(CC1)C[C@@H](N)c1cc(F)ccc1O2. The van der Waals surface area contributed by atoms with Crippen LogP contribution in [0.3, 0.4) is 0 Å². The lowest BCUT2D eigenvalue weighted by atomic mass is 9.66. The molecule has 3 heteroatoms. The van der Waals surface area contributed by atoms with Crippen molar-refractivity contribution in [2.24, 2.45) is 17.1 Å². The first kappa shape index (κ1) is 14.8. The van der Waals surface area contributed by atoms with Gasteiger partial charge in [0.2, 0.25) is 0 Å². The van der Waals surface area contributed by atoms with Gasteiger partial charge in [-0.1, -0.05) is 20.8 Å². The van der Waals surface area contributed by atoms with Gasteiger partial charge in [-0.05, 0) is 55.2 Å². The fraction of sp³-hybridized carbons (Fsp3) is 0.667. The van der Waals surface area contributed by atoms with E-state index in [1.165, 1.54) is 25.0 Å². The van der Waals surface area contributed by atoms with Gasteiger partial charge >= 0.3 is 0 Å². The molecule has 0 radical (unpaired) electrons. The molecule has 1 aliphatic heterocycles. The van der Waals surface area contributed by atoms with Crippen LogP contribution in [0, 0.1) is 17.2 Å². The highest BCUT2D eigenvalue weighted by Crippen LogP contribution is 2.49. The number of ether oxygens (including phenoxy) is 1. The summed E-state index contributed by atoms with van der Waals surface area (Å²) < 4.78 is 19.7. The molecule has 1 aromatic rings. The number of nitrogens with two attached hydrogens (primary N) is 1. The highest BCUT2D eigenvalue weighted by atomic mass is 19.1. The van der Waals surface area contributed by atoms with E-state index in [0.29, 0.717) is 5.41 Å². The molecule has 3 rings (SSSR count). The summed E-state index contributed by atoms with van der Waals surface area (Å²) in [4.78, 5) is 0. The van der Waals surface area contributed by atoms with E-state index in [2.05, 4.69) is 20.8 Å². The molecule has 2 N–H and O–H groups in total. The van der Waals surface area contributed by atoms with Crippen molar-refractivity contribution >= 4 is 0 Å². The molecule has 0 aromatic heterocycles. The first-order valence-electron chi connectivity index (χ1n) is 8.03. The molecular formula is C18H26FNO. The van der Waals surface area contributed by atoms with Crippen molar-refractivity contribution in [2.45, 2.75) is 64.5 Å². The Morgan fingerprint density at radius 3 is 2.52 bits per heavy atom. The van der Waals surface area contributed by atoms with Crippen LogP contribution in [0.5, 0.6) is 5.75 Å². The van der Waals surface area contributed by atoms with E-state index in [9.17, 15) is 4.39 Å². The van der Waals surface area contributed by atoms with Crippen LogP contribution in [0.25, 0.3) is 0 Å². The fourth-order valence-corrected chi connectivity index (χ4v) is 4.00. The molecule has 0 bridgehead atoms. The largest absolute Gasteiger partial charge is 0.487 e. The van der Waals surface area contributed by atoms with Gasteiger partial charge in [-0.3, -0.25) is 0 Å². The van der Waals surface area contributed by atoms with Gasteiger partial charge in [0.15, 0.2) is 0 Å². The molecule has 116 valence electrons. The molecule has 0 saturated heterocycles. The summed E-state index contributed by atoms with van der Waals surface area (Å²) in [6, 6.07) is 4.61. The number of fused-ring (bicyclic) bond motifs is 1. The molecule has 1 spiro atoms. The molecule has 2 nitrogen and oxygen atoms in total. The molecule has 2 aliphatic rings. The second-order valence-corrected chi connectivity index (χ2v) is 7.92. The van der Waals surface area contributed by atoms with Gasteiger partial charge in [0.05, 0.1) is 0 Å². The molecule has 1 atom stereocenters. The number of hydrogen-bond acceptors (Lipinski definition) is 2. The second kappa shape index (κ2) is 4.98. The minimum Gasteiger partial charge on any atom is -0.487 e. The van der Waals surface area contributed by atoms with E-state index in [1.54, 1.807) is 6.07 Å². The predicted molar refractivity (Wildman–Crippen MR) is 82.7 cm³/mol. The maximum Gasteiger partial charge on any atom is 0.125 e. The van der Waals surface area contributed by atoms with Crippen LogP contribution in [-0.2, 0) is 0 Å². The summed E-state index contributed by atoms with van der Waals surface area (Å²) in [6.45, 7) is 6.96. The monoisotopic (exact) mass is 291 g/mol. The summed E-state index contributed by atoms with van der Waals surface area (Å²) >= 11 is 0. The van der Waals surface area contributed by atoms with E-state index in [0.717, 1.165) is 36.5 Å². The van der Waals surface area contributed by atoms with Crippen molar-refractivity contribution in [2.75, 3.05) is 0 Å². The number of hydrogen-bond donors (Lipinski definition) is 1. The van der Waals surface area contributed by atoms with Gasteiger partial charge in [-0.15, -0.1) is 0 Å². The third-order valence-electron chi connectivity index (χ3n) is 5.41. The molecule has 1 fully saturated rings. The Labute approximate surface area is 126 Å². The van der Waals surface area contributed by atoms with Crippen molar-refractivity contribution in [1.29, 1.82) is 0 Å². The van der Waals surface area contributed by atoms with E-state index in [-0.39, 0.29) is 17.5 Å². The van der Waals surface area contributed by atoms with E-state index < -0.39 is 0 Å². The quantitative estimate of drug-likeness (QED) is 0.759. The summed E-state index contributed by atoms with van der Waals surface area (Å²) in [5.41, 5.74) is 7.34. The minimum atomic E-state index is -0.236. The summed E-state index contributed by atoms with van der Waals surface area (Å²) in [7, 11) is 0. The van der Waals surface area contributed by atoms with Gasteiger partial charge in [0.25, 0.3) is 0 Å². The molecule has 1 saturated carbocycles. The molecule has 1 aromatic carbocycles. The summed E-state index contributed by atoms with van der Waals surface area (Å²) in [5, 5.41) is 0. The zero-order chi connectivity index (χ0) is 15.3. The van der Waals surface area contributed by atoms with Crippen molar-refractivity contribution in [3.05, 3.63) is 29.6 Å². The molecule has 21 heavy (non-hydrogen) atoms. The van der Waals surface area contributed by atoms with Crippen LogP contribution >= 0.6 is 0 Å². The normalized spacial score (nSPS) is 32.6. The Balaban J connectivity index is 1.79. The Morgan fingerprint density at radius 2 is 1.90 bits per heavy atom. The average molecular weight is 291 g/mol. The summed E-state index contributed by atoms with van der Waals surface area (Å²) in [6.07, 6.45) is 5.29. The van der Waals surface area contributed by atoms with Crippen LogP contribution in [-0.4, -0.2) is 5.60 Å². The van der Waals surface area contributed by atoms with E-state index in [1.807, 2.05) is 0 Å². The Morgan fingerprint density at radius 1 is 1.24 bits per heavy atom. The predicted octanol–water partition coefficient (Wildman–Crippen LogP) is 4.58. The van der Waals surface area contributed by atoms with Gasteiger partial charge in [-0.2, -0.15) is 0 Å². The van der Waals surface area contributed by atoms with Crippen LogP contribution in [0.15, 0.2) is 18.2 Å². The molecule has 0 amide bonds. The van der Waals surface area contributed by atoms with Gasteiger partial charge < -0.3 is 10.5 Å². The standard InChI is InChI=1S/C18H26FNO/c1-17(2,3)12-6-8-18(9-7-12)11-15(20)14-10-13(19)4-5-16(14)21-18/h4-5,10,12,15H,6-9,11,20H2,1-3H3/t12?,15-,18?/m1/s1. The second-order valence-electron chi connectivity index (χ2n) is 7.92. The number of benzene rings is 1. The lowest BCUT2D eigenvalue weighted by Gasteiger charge is -2.47. The number of rotatable bonds is 0. The van der Waals surface area contributed by atoms with Crippen molar-refractivity contribution in [1.82, 2.24) is 0 Å². The van der Waals surface area contributed by atoms with E-state index in [4.69, 9.17) is 10.5 Å². The fourth-order valence-electron chi connectivity index (χ4n) is 4.00. The zero-order valence-electron chi connectivity index (χ0n) is 13.3. The third-order valence-corrected chi connectivity index (χ3v) is 5.41. The lowest BCUT2D eigenvalue weighted by molar-refractivity contribution is -0.0255. The Hall–Kier alpha value is -1.09. The average Bonchev–Trinajstić information content (AvgIpc) is 2.39. The highest BCUT2D eigenvalue weighted by Gasteiger charge is 2.44. The first-order valence-corrected chi connectivity index (χ1v) is 8.03. The van der Waals surface area contributed by atoms with Crippen molar-refractivity contribution in [3.8, 4) is 5.75 Å². The smallest absolute Gasteiger partial charge is 0.125 e.